The predicted molar refractivity (Wildman–Crippen MR) is 52.7 cm³/mol. The Kier molecular flexibility index (Phi) is 5.23. The molecule has 0 aliphatic heterocycles. The van der Waals surface area contributed by atoms with Crippen LogP contribution in [0, 0.1) is 0 Å². The minimum atomic E-state index is -3.35. The molecule has 0 unspecified atom stereocenters. The molecule has 0 aromatic carbocycles. The number of carboxylic acids is 1. The number of amides is 1. The van der Waals surface area contributed by atoms with E-state index in [1.807, 2.05) is 0 Å². The molecule has 0 saturated heterocycles. The van der Waals surface area contributed by atoms with Crippen LogP contribution in [-0.2, 0) is 19.6 Å². The highest BCUT2D eigenvalue weighted by Gasteiger charge is 2.14. The number of carbonyl (C=O) groups excluding carboxylic acids is 1. The van der Waals surface area contributed by atoms with E-state index in [1.165, 1.54) is 14.1 Å². The SMILES string of the molecule is CN(C)S(=O)(=O)CCNC(=O)CC(=O)O. The van der Waals surface area contributed by atoms with Gasteiger partial charge in [0.25, 0.3) is 0 Å². The highest BCUT2D eigenvalue weighted by molar-refractivity contribution is 7.89. The molecular formula is C7H14N2O5S. The number of rotatable bonds is 6. The van der Waals surface area contributed by atoms with E-state index in [9.17, 15) is 18.0 Å². The molecular weight excluding hydrogens is 224 g/mol. The third-order valence-electron chi connectivity index (χ3n) is 1.55. The van der Waals surface area contributed by atoms with E-state index in [4.69, 9.17) is 5.11 Å². The smallest absolute Gasteiger partial charge is 0.312 e. The standard InChI is InChI=1S/C7H14N2O5S/c1-9(2)15(13,14)4-3-8-6(10)5-7(11)12/h3-5H2,1-2H3,(H,8,10)(H,11,12). The maximum atomic E-state index is 11.2. The second-order valence-corrected chi connectivity index (χ2v) is 5.32. The Bertz CT molecular complexity index is 335. The zero-order chi connectivity index (χ0) is 12.1. The van der Waals surface area contributed by atoms with Crippen LogP contribution in [0.25, 0.3) is 0 Å². The molecule has 0 radical (unpaired) electrons. The van der Waals surface area contributed by atoms with Gasteiger partial charge in [-0.05, 0) is 0 Å². The van der Waals surface area contributed by atoms with Gasteiger partial charge in [-0.3, -0.25) is 9.59 Å². The van der Waals surface area contributed by atoms with Crippen LogP contribution in [0.3, 0.4) is 0 Å². The first-order valence-corrected chi connectivity index (χ1v) is 5.75. The van der Waals surface area contributed by atoms with Gasteiger partial charge in [0.05, 0.1) is 5.75 Å². The summed E-state index contributed by atoms with van der Waals surface area (Å²) in [6.45, 7) is -0.0906. The fourth-order valence-corrected chi connectivity index (χ4v) is 1.43. The quantitative estimate of drug-likeness (QED) is 0.546. The van der Waals surface area contributed by atoms with E-state index in [-0.39, 0.29) is 12.3 Å². The molecule has 1 amide bonds. The van der Waals surface area contributed by atoms with Crippen molar-refractivity contribution >= 4 is 21.9 Å². The molecule has 0 heterocycles. The number of carbonyl (C=O) groups is 2. The minimum Gasteiger partial charge on any atom is -0.481 e. The topological polar surface area (TPSA) is 104 Å². The van der Waals surface area contributed by atoms with Gasteiger partial charge < -0.3 is 10.4 Å². The summed E-state index contributed by atoms with van der Waals surface area (Å²) in [4.78, 5) is 20.9. The summed E-state index contributed by atoms with van der Waals surface area (Å²) < 4.78 is 23.4. The van der Waals surface area contributed by atoms with Crippen LogP contribution in [0.5, 0.6) is 0 Å². The number of aliphatic carboxylic acids is 1. The second kappa shape index (κ2) is 5.66. The first-order chi connectivity index (χ1) is 6.75. The molecule has 0 spiro atoms. The highest BCUT2D eigenvalue weighted by atomic mass is 32.2. The fraction of sp³-hybridized carbons (Fsp3) is 0.714. The maximum absolute atomic E-state index is 11.2. The normalized spacial score (nSPS) is 11.4. The molecule has 0 rings (SSSR count). The van der Waals surface area contributed by atoms with Gasteiger partial charge >= 0.3 is 5.97 Å². The number of carboxylic acid groups (broad SMARTS) is 1. The summed E-state index contributed by atoms with van der Waals surface area (Å²) in [6, 6.07) is 0. The van der Waals surface area contributed by atoms with Crippen LogP contribution < -0.4 is 5.32 Å². The van der Waals surface area contributed by atoms with Gasteiger partial charge in [-0.2, -0.15) is 0 Å². The lowest BCUT2D eigenvalue weighted by Gasteiger charge is -2.11. The summed E-state index contributed by atoms with van der Waals surface area (Å²) in [5.74, 6) is -2.19. The Morgan fingerprint density at radius 2 is 1.87 bits per heavy atom. The minimum absolute atomic E-state index is 0.0906. The lowest BCUT2D eigenvalue weighted by Crippen LogP contribution is -2.34. The molecule has 88 valence electrons. The Labute approximate surface area is 88.1 Å². The molecule has 2 N–H and O–H groups in total. The van der Waals surface area contributed by atoms with E-state index in [0.717, 1.165) is 4.31 Å². The van der Waals surface area contributed by atoms with Crippen molar-refractivity contribution in [1.82, 2.24) is 9.62 Å². The summed E-state index contributed by atoms with van der Waals surface area (Å²) in [6.07, 6.45) is -0.651. The molecule has 0 aromatic rings. The number of hydrogen-bond donors (Lipinski definition) is 2. The molecule has 8 heteroatoms. The van der Waals surface area contributed by atoms with Crippen molar-refractivity contribution < 1.29 is 23.1 Å². The zero-order valence-corrected chi connectivity index (χ0v) is 9.37. The molecule has 0 aromatic heterocycles. The van der Waals surface area contributed by atoms with Crippen molar-refractivity contribution in [1.29, 1.82) is 0 Å². The summed E-state index contributed by atoms with van der Waals surface area (Å²) in [5, 5.41) is 10.4. The van der Waals surface area contributed by atoms with E-state index >= 15 is 0 Å². The third-order valence-corrected chi connectivity index (χ3v) is 3.38. The van der Waals surface area contributed by atoms with Gasteiger partial charge in [0.15, 0.2) is 0 Å². The molecule has 7 nitrogen and oxygen atoms in total. The van der Waals surface area contributed by atoms with Crippen molar-refractivity contribution in [2.45, 2.75) is 6.42 Å². The van der Waals surface area contributed by atoms with Crippen molar-refractivity contribution in [2.24, 2.45) is 0 Å². The zero-order valence-electron chi connectivity index (χ0n) is 8.56. The van der Waals surface area contributed by atoms with E-state index in [2.05, 4.69) is 5.32 Å². The Balaban J connectivity index is 3.91. The first kappa shape index (κ1) is 13.8. The number of nitrogens with one attached hydrogen (secondary N) is 1. The predicted octanol–water partition coefficient (Wildman–Crippen LogP) is -1.53. The van der Waals surface area contributed by atoms with Crippen molar-refractivity contribution in [2.75, 3.05) is 26.4 Å². The van der Waals surface area contributed by atoms with Gasteiger partial charge in [-0.1, -0.05) is 0 Å². The summed E-state index contributed by atoms with van der Waals surface area (Å²) >= 11 is 0. The van der Waals surface area contributed by atoms with Crippen LogP contribution in [0.4, 0.5) is 0 Å². The van der Waals surface area contributed by atoms with Crippen molar-refractivity contribution in [3.8, 4) is 0 Å². The molecule has 0 fully saturated rings. The Hall–Kier alpha value is -1.15. The van der Waals surface area contributed by atoms with Crippen LogP contribution in [0.2, 0.25) is 0 Å². The Morgan fingerprint density at radius 3 is 2.27 bits per heavy atom. The lowest BCUT2D eigenvalue weighted by molar-refractivity contribution is -0.140. The lowest BCUT2D eigenvalue weighted by atomic mass is 10.4. The second-order valence-electron chi connectivity index (χ2n) is 3.02. The fourth-order valence-electron chi connectivity index (χ4n) is 0.702. The molecule has 0 saturated carbocycles. The third kappa shape index (κ3) is 6.02. The van der Waals surface area contributed by atoms with Gasteiger partial charge in [0, 0.05) is 20.6 Å². The number of hydrogen-bond acceptors (Lipinski definition) is 4. The van der Waals surface area contributed by atoms with Crippen LogP contribution in [-0.4, -0.2) is 56.1 Å². The highest BCUT2D eigenvalue weighted by Crippen LogP contribution is 1.92. The first-order valence-electron chi connectivity index (χ1n) is 4.14. The molecule has 0 bridgehead atoms. The van der Waals surface area contributed by atoms with Crippen LogP contribution in [0.15, 0.2) is 0 Å². The summed E-state index contributed by atoms with van der Waals surface area (Å²) in [5.41, 5.74) is 0. The van der Waals surface area contributed by atoms with Crippen LogP contribution >= 0.6 is 0 Å². The largest absolute Gasteiger partial charge is 0.481 e. The van der Waals surface area contributed by atoms with Gasteiger partial charge in [-0.25, -0.2) is 12.7 Å². The van der Waals surface area contributed by atoms with E-state index in [0.29, 0.717) is 0 Å². The number of sulfonamides is 1. The van der Waals surface area contributed by atoms with Crippen molar-refractivity contribution in [3.05, 3.63) is 0 Å². The molecule has 15 heavy (non-hydrogen) atoms. The monoisotopic (exact) mass is 238 g/mol. The molecule has 0 aliphatic carbocycles. The average Bonchev–Trinajstić information content (AvgIpc) is 2.01. The van der Waals surface area contributed by atoms with Gasteiger partial charge in [-0.15, -0.1) is 0 Å². The molecule has 0 atom stereocenters. The van der Waals surface area contributed by atoms with Crippen LogP contribution in [0.1, 0.15) is 6.42 Å². The van der Waals surface area contributed by atoms with Gasteiger partial charge in [0.1, 0.15) is 6.42 Å². The average molecular weight is 238 g/mol. The van der Waals surface area contributed by atoms with Crippen molar-refractivity contribution in [3.63, 3.8) is 0 Å². The van der Waals surface area contributed by atoms with E-state index in [1.54, 1.807) is 0 Å². The van der Waals surface area contributed by atoms with Gasteiger partial charge in [0.2, 0.25) is 15.9 Å². The molecule has 0 aliphatic rings. The number of nitrogens with zero attached hydrogens (tertiary/aromatic N) is 1. The summed E-state index contributed by atoms with van der Waals surface area (Å²) in [7, 11) is -0.584. The van der Waals surface area contributed by atoms with E-state index < -0.39 is 28.3 Å². The Morgan fingerprint density at radius 1 is 1.33 bits per heavy atom. The maximum Gasteiger partial charge on any atom is 0.312 e.